The molecular formula is C32H42F3N5O2. The quantitative estimate of drug-likeness (QED) is 0.219. The van der Waals surface area contributed by atoms with Crippen molar-refractivity contribution in [1.29, 1.82) is 0 Å². The van der Waals surface area contributed by atoms with Crippen LogP contribution in [0.5, 0.6) is 5.75 Å². The normalized spacial score (nSPS) is 13.4. The zero-order valence-electron chi connectivity index (χ0n) is 24.9. The second kappa shape index (κ2) is 16.0. The summed E-state index contributed by atoms with van der Waals surface area (Å²) in [5, 5.41) is 13.1. The van der Waals surface area contributed by atoms with Gasteiger partial charge in [0.1, 0.15) is 12.3 Å². The fourth-order valence-electron chi connectivity index (χ4n) is 4.98. The smallest absolute Gasteiger partial charge is 0.406 e. The molecule has 1 aliphatic rings. The summed E-state index contributed by atoms with van der Waals surface area (Å²) in [6, 6.07) is 12.4. The molecule has 1 aliphatic carbocycles. The molecule has 0 radical (unpaired) electrons. The van der Waals surface area contributed by atoms with Crippen LogP contribution in [0.15, 0.2) is 42.5 Å². The first-order chi connectivity index (χ1) is 20.2. The van der Waals surface area contributed by atoms with Crippen molar-refractivity contribution in [2.75, 3.05) is 44.4 Å². The molecule has 1 amide bonds. The average Bonchev–Trinajstić information content (AvgIpc) is 3.32. The molecule has 2 aromatic carbocycles. The van der Waals surface area contributed by atoms with Crippen molar-refractivity contribution in [2.45, 2.75) is 64.7 Å². The van der Waals surface area contributed by atoms with Crippen LogP contribution in [0.1, 0.15) is 62.0 Å². The second-order valence-corrected chi connectivity index (χ2v) is 10.1. The van der Waals surface area contributed by atoms with Crippen LogP contribution in [0.4, 0.5) is 24.5 Å². The number of carbonyl (C=O) groups is 1. The SMILES string of the molecule is CCNCC.CNC(=O)c1ccc(NCC#Cc2cc3c(NC4CCCCC4)cccc3n2CC(F)(F)F)c(OC)c1. The number of fused-ring (bicyclic) bond motifs is 1. The highest BCUT2D eigenvalue weighted by Gasteiger charge is 2.30. The van der Waals surface area contributed by atoms with E-state index < -0.39 is 12.7 Å². The van der Waals surface area contributed by atoms with Gasteiger partial charge in [0, 0.05) is 29.7 Å². The maximum atomic E-state index is 13.5. The van der Waals surface area contributed by atoms with E-state index in [-0.39, 0.29) is 12.5 Å². The molecular weight excluding hydrogens is 543 g/mol. The van der Waals surface area contributed by atoms with Gasteiger partial charge >= 0.3 is 6.18 Å². The predicted octanol–water partition coefficient (Wildman–Crippen LogP) is 6.40. The first-order valence-corrected chi connectivity index (χ1v) is 14.5. The zero-order valence-corrected chi connectivity index (χ0v) is 24.9. The topological polar surface area (TPSA) is 79.4 Å². The molecule has 0 saturated heterocycles. The number of hydrogen-bond acceptors (Lipinski definition) is 5. The van der Waals surface area contributed by atoms with Gasteiger partial charge < -0.3 is 30.6 Å². The van der Waals surface area contributed by atoms with Gasteiger partial charge in [-0.2, -0.15) is 13.2 Å². The van der Waals surface area contributed by atoms with Crippen molar-refractivity contribution in [3.8, 4) is 17.6 Å². The molecule has 4 rings (SSSR count). The monoisotopic (exact) mass is 585 g/mol. The van der Waals surface area contributed by atoms with Gasteiger partial charge in [-0.1, -0.05) is 45.1 Å². The lowest BCUT2D eigenvalue weighted by Crippen LogP contribution is -2.22. The summed E-state index contributed by atoms with van der Waals surface area (Å²) in [7, 11) is 3.04. The van der Waals surface area contributed by atoms with Gasteiger partial charge in [0.15, 0.2) is 0 Å². The minimum absolute atomic E-state index is 0.177. The summed E-state index contributed by atoms with van der Waals surface area (Å²) in [5.41, 5.74) is 2.72. The number of alkyl halides is 3. The number of hydrogen-bond donors (Lipinski definition) is 4. The Kier molecular flexibility index (Phi) is 12.4. The number of amides is 1. The Bertz CT molecular complexity index is 1370. The number of ether oxygens (including phenoxy) is 1. The van der Waals surface area contributed by atoms with Crippen LogP contribution < -0.4 is 26.0 Å². The molecule has 42 heavy (non-hydrogen) atoms. The van der Waals surface area contributed by atoms with E-state index in [1.54, 1.807) is 43.4 Å². The number of benzene rings is 2. The fourth-order valence-corrected chi connectivity index (χ4v) is 4.98. The van der Waals surface area contributed by atoms with Crippen LogP contribution in [0.25, 0.3) is 10.9 Å². The van der Waals surface area contributed by atoms with Crippen molar-refractivity contribution in [3.63, 3.8) is 0 Å². The molecule has 1 aromatic heterocycles. The molecule has 0 aliphatic heterocycles. The molecule has 1 saturated carbocycles. The molecule has 7 nitrogen and oxygen atoms in total. The van der Waals surface area contributed by atoms with Crippen molar-refractivity contribution < 1.29 is 22.7 Å². The van der Waals surface area contributed by atoms with Crippen LogP contribution >= 0.6 is 0 Å². The van der Waals surface area contributed by atoms with Gasteiger partial charge in [-0.15, -0.1) is 0 Å². The average molecular weight is 586 g/mol. The Balaban J connectivity index is 0.000000892. The molecule has 10 heteroatoms. The fraction of sp³-hybridized carbons (Fsp3) is 0.469. The summed E-state index contributed by atoms with van der Waals surface area (Å²) in [6.07, 6.45) is 1.28. The minimum atomic E-state index is -4.38. The van der Waals surface area contributed by atoms with Crippen LogP contribution in [0.3, 0.4) is 0 Å². The van der Waals surface area contributed by atoms with Crippen LogP contribution in [-0.2, 0) is 6.54 Å². The van der Waals surface area contributed by atoms with E-state index in [9.17, 15) is 18.0 Å². The predicted molar refractivity (Wildman–Crippen MR) is 164 cm³/mol. The molecule has 0 bridgehead atoms. The van der Waals surface area contributed by atoms with E-state index >= 15 is 0 Å². The molecule has 0 atom stereocenters. The Morgan fingerprint density at radius 2 is 1.79 bits per heavy atom. The summed E-state index contributed by atoms with van der Waals surface area (Å²) in [6.45, 7) is 5.45. The van der Waals surface area contributed by atoms with Crippen LogP contribution in [0, 0.1) is 11.8 Å². The number of aromatic nitrogens is 1. The lowest BCUT2D eigenvalue weighted by molar-refractivity contribution is -0.140. The molecule has 1 heterocycles. The van der Waals surface area contributed by atoms with E-state index in [4.69, 9.17) is 4.74 Å². The first kappa shape index (κ1) is 32.7. The first-order valence-electron chi connectivity index (χ1n) is 14.5. The summed E-state index contributed by atoms with van der Waals surface area (Å²) < 4.78 is 47.0. The Morgan fingerprint density at radius 3 is 2.40 bits per heavy atom. The van der Waals surface area contributed by atoms with Gasteiger partial charge in [0.05, 0.1) is 30.6 Å². The third-order valence-electron chi connectivity index (χ3n) is 7.02. The maximum absolute atomic E-state index is 13.5. The summed E-state index contributed by atoms with van der Waals surface area (Å²) in [5.74, 6) is 6.08. The van der Waals surface area contributed by atoms with Gasteiger partial charge in [0.2, 0.25) is 0 Å². The minimum Gasteiger partial charge on any atom is -0.495 e. The molecule has 0 spiro atoms. The van der Waals surface area contributed by atoms with Gasteiger partial charge in [0.25, 0.3) is 5.91 Å². The van der Waals surface area contributed by atoms with E-state index in [2.05, 4.69) is 47.0 Å². The van der Waals surface area contributed by atoms with Crippen molar-refractivity contribution in [3.05, 3.63) is 53.7 Å². The zero-order chi connectivity index (χ0) is 30.5. The van der Waals surface area contributed by atoms with Crippen LogP contribution in [0.2, 0.25) is 0 Å². The van der Waals surface area contributed by atoms with Gasteiger partial charge in [-0.25, -0.2) is 0 Å². The van der Waals surface area contributed by atoms with Gasteiger partial charge in [-0.05, 0) is 68.2 Å². The highest BCUT2D eigenvalue weighted by Crippen LogP contribution is 2.32. The molecule has 3 aromatic rings. The number of nitrogens with one attached hydrogen (secondary N) is 4. The van der Waals surface area contributed by atoms with Gasteiger partial charge in [-0.3, -0.25) is 4.79 Å². The third-order valence-corrected chi connectivity index (χ3v) is 7.02. The maximum Gasteiger partial charge on any atom is 0.406 e. The number of anilines is 2. The number of halogens is 3. The molecule has 1 fully saturated rings. The second-order valence-electron chi connectivity index (χ2n) is 10.1. The van der Waals surface area contributed by atoms with Crippen LogP contribution in [-0.4, -0.2) is 56.5 Å². The number of methoxy groups -OCH3 is 1. The Labute approximate surface area is 246 Å². The van der Waals surface area contributed by atoms with E-state index in [1.165, 1.54) is 18.1 Å². The highest BCUT2D eigenvalue weighted by molar-refractivity contribution is 5.95. The summed E-state index contributed by atoms with van der Waals surface area (Å²) in [4.78, 5) is 11.9. The number of rotatable bonds is 9. The van der Waals surface area contributed by atoms with Crippen molar-refractivity contribution in [2.24, 2.45) is 0 Å². The molecule has 4 N–H and O–H groups in total. The highest BCUT2D eigenvalue weighted by atomic mass is 19.4. The van der Waals surface area contributed by atoms with Crippen molar-refractivity contribution in [1.82, 2.24) is 15.2 Å². The molecule has 0 unspecified atom stereocenters. The lowest BCUT2D eigenvalue weighted by Gasteiger charge is -2.24. The number of carbonyl (C=O) groups excluding carboxylic acids is 1. The van der Waals surface area contributed by atoms with E-state index in [0.717, 1.165) is 49.8 Å². The summed E-state index contributed by atoms with van der Waals surface area (Å²) >= 11 is 0. The standard InChI is InChI=1S/C28H31F3N4O2.C4H11N/c1-32-27(36)19-13-14-24(26(16-19)37-2)33-15-7-10-21-17-22-23(34-20-8-4-3-5-9-20)11-6-12-25(22)35(21)18-28(29,30)31;1-3-5-4-2/h6,11-14,16-17,20,33-34H,3-5,8-9,15,18H2,1-2H3,(H,32,36);5H,3-4H2,1-2H3. The Morgan fingerprint density at radius 1 is 1.05 bits per heavy atom. The molecule has 228 valence electrons. The Hall–Kier alpha value is -3.84. The van der Waals surface area contributed by atoms with E-state index in [0.29, 0.717) is 34.3 Å². The van der Waals surface area contributed by atoms with E-state index in [1.807, 2.05) is 6.07 Å². The lowest BCUT2D eigenvalue weighted by atomic mass is 9.95. The van der Waals surface area contributed by atoms with Crippen molar-refractivity contribution >= 4 is 28.2 Å². The number of nitrogens with zero attached hydrogens (tertiary/aromatic N) is 1. The largest absolute Gasteiger partial charge is 0.495 e. The third kappa shape index (κ3) is 9.35.